The first-order valence-electron chi connectivity index (χ1n) is 9.09. The van der Waals surface area contributed by atoms with E-state index in [2.05, 4.69) is 0 Å². The molecule has 1 aliphatic heterocycles. The maximum Gasteiger partial charge on any atom is 0.254 e. The quantitative estimate of drug-likeness (QED) is 0.741. The number of hydrogen-bond donors (Lipinski definition) is 0. The summed E-state index contributed by atoms with van der Waals surface area (Å²) in [7, 11) is 1.63. The number of hydrogen-bond acceptors (Lipinski definition) is 4. The van der Waals surface area contributed by atoms with E-state index in [1.54, 1.807) is 24.1 Å². The molecular weight excluding hydrogens is 366 g/mol. The minimum Gasteiger partial charge on any atom is -0.497 e. The van der Waals surface area contributed by atoms with Crippen LogP contribution in [-0.4, -0.2) is 37.7 Å². The van der Waals surface area contributed by atoms with Gasteiger partial charge in [-0.15, -0.1) is 0 Å². The number of carbonyl (C=O) groups is 1. The van der Waals surface area contributed by atoms with Gasteiger partial charge in [0.05, 0.1) is 31.4 Å². The molecule has 1 unspecified atom stereocenters. The molecular formula is C21H24ClNO4. The number of benzene rings is 2. The summed E-state index contributed by atoms with van der Waals surface area (Å²) in [4.78, 5) is 15.0. The third-order valence-electron chi connectivity index (χ3n) is 4.69. The molecule has 1 atom stereocenters. The van der Waals surface area contributed by atoms with Crippen molar-refractivity contribution in [1.29, 1.82) is 0 Å². The first-order valence-corrected chi connectivity index (χ1v) is 9.47. The molecule has 3 rings (SSSR count). The highest BCUT2D eigenvalue weighted by Gasteiger charge is 2.25. The average molecular weight is 390 g/mol. The number of methoxy groups -OCH3 is 1. The fourth-order valence-electron chi connectivity index (χ4n) is 3.19. The van der Waals surface area contributed by atoms with E-state index in [4.69, 9.17) is 25.8 Å². The van der Waals surface area contributed by atoms with Crippen molar-refractivity contribution in [2.75, 3.05) is 26.9 Å². The van der Waals surface area contributed by atoms with Gasteiger partial charge in [0.2, 0.25) is 0 Å². The number of fused-ring (bicyclic) bond motifs is 1. The van der Waals surface area contributed by atoms with Crippen LogP contribution in [0.2, 0.25) is 5.02 Å². The number of ether oxygens (including phenoxy) is 3. The molecule has 0 aromatic heterocycles. The van der Waals surface area contributed by atoms with Crippen molar-refractivity contribution in [2.24, 2.45) is 0 Å². The van der Waals surface area contributed by atoms with Crippen LogP contribution in [0.3, 0.4) is 0 Å². The van der Waals surface area contributed by atoms with Crippen molar-refractivity contribution in [3.05, 3.63) is 52.5 Å². The molecule has 0 saturated heterocycles. The number of carbonyl (C=O) groups excluding carboxylic acids is 1. The molecule has 0 spiro atoms. The Bertz CT molecular complexity index is 824. The van der Waals surface area contributed by atoms with Crippen LogP contribution in [-0.2, 0) is 0 Å². The lowest BCUT2D eigenvalue weighted by Gasteiger charge is -2.29. The van der Waals surface area contributed by atoms with E-state index in [1.807, 2.05) is 38.1 Å². The van der Waals surface area contributed by atoms with Crippen LogP contribution in [0.5, 0.6) is 17.2 Å². The molecule has 1 heterocycles. The summed E-state index contributed by atoms with van der Waals surface area (Å²) < 4.78 is 16.7. The minimum absolute atomic E-state index is 0.106. The number of nitrogens with zero attached hydrogens (tertiary/aromatic N) is 1. The molecule has 0 fully saturated rings. The Labute approximate surface area is 164 Å². The number of rotatable bonds is 5. The van der Waals surface area contributed by atoms with Gasteiger partial charge in [0, 0.05) is 18.5 Å². The summed E-state index contributed by atoms with van der Waals surface area (Å²) in [6.45, 7) is 5.61. The van der Waals surface area contributed by atoms with Gasteiger partial charge >= 0.3 is 0 Å². The highest BCUT2D eigenvalue weighted by molar-refractivity contribution is 6.32. The van der Waals surface area contributed by atoms with Crippen LogP contribution in [0.4, 0.5) is 0 Å². The van der Waals surface area contributed by atoms with Gasteiger partial charge in [0.25, 0.3) is 5.91 Å². The molecule has 0 radical (unpaired) electrons. The highest BCUT2D eigenvalue weighted by Crippen LogP contribution is 2.38. The minimum atomic E-state index is -0.118. The molecule has 27 heavy (non-hydrogen) atoms. The average Bonchev–Trinajstić information content (AvgIpc) is 2.94. The van der Waals surface area contributed by atoms with E-state index in [1.165, 1.54) is 0 Å². The molecule has 5 nitrogen and oxygen atoms in total. The van der Waals surface area contributed by atoms with E-state index in [9.17, 15) is 4.79 Å². The second-order valence-electron chi connectivity index (χ2n) is 6.38. The molecule has 1 amide bonds. The number of amides is 1. The van der Waals surface area contributed by atoms with E-state index in [0.717, 1.165) is 17.7 Å². The van der Waals surface area contributed by atoms with Gasteiger partial charge in [-0.1, -0.05) is 23.7 Å². The predicted molar refractivity (Wildman–Crippen MR) is 105 cm³/mol. The monoisotopic (exact) mass is 389 g/mol. The normalized spacial score (nSPS) is 14.2. The van der Waals surface area contributed by atoms with Crippen LogP contribution < -0.4 is 14.2 Å². The first-order chi connectivity index (χ1) is 13.0. The first kappa shape index (κ1) is 19.4. The van der Waals surface area contributed by atoms with Crippen molar-refractivity contribution >= 4 is 17.5 Å². The van der Waals surface area contributed by atoms with Gasteiger partial charge in [0.15, 0.2) is 11.5 Å². The standard InChI is InChI=1S/C21H24ClNO4/c1-4-23(14(2)15-7-5-8-17(11-15)25-3)21(24)16-12-18(22)20-19(13-16)26-9-6-10-27-20/h5,7-8,11-14H,4,6,9-10H2,1-3H3. The largest absolute Gasteiger partial charge is 0.497 e. The van der Waals surface area contributed by atoms with E-state index in [-0.39, 0.29) is 11.9 Å². The van der Waals surface area contributed by atoms with Gasteiger partial charge in [-0.2, -0.15) is 0 Å². The molecule has 2 aromatic rings. The van der Waals surface area contributed by atoms with Crippen LogP contribution >= 0.6 is 11.6 Å². The zero-order chi connectivity index (χ0) is 19.4. The Morgan fingerprint density at radius 1 is 1.26 bits per heavy atom. The second kappa shape index (κ2) is 8.53. The SMILES string of the molecule is CCN(C(=O)c1cc(Cl)c2c(c1)OCCCO2)C(C)c1cccc(OC)c1. The Morgan fingerprint density at radius 3 is 2.78 bits per heavy atom. The molecule has 0 aliphatic carbocycles. The smallest absolute Gasteiger partial charge is 0.254 e. The van der Waals surface area contributed by atoms with Crippen molar-refractivity contribution in [3.63, 3.8) is 0 Å². The summed E-state index contributed by atoms with van der Waals surface area (Å²) in [6.07, 6.45) is 0.780. The molecule has 144 valence electrons. The molecule has 0 saturated carbocycles. The predicted octanol–water partition coefficient (Wildman–Crippen LogP) is 4.73. The highest BCUT2D eigenvalue weighted by atomic mass is 35.5. The van der Waals surface area contributed by atoms with Gasteiger partial charge in [-0.05, 0) is 43.7 Å². The fourth-order valence-corrected chi connectivity index (χ4v) is 3.46. The molecule has 0 N–H and O–H groups in total. The van der Waals surface area contributed by atoms with Crippen molar-refractivity contribution in [1.82, 2.24) is 4.90 Å². The fraction of sp³-hybridized carbons (Fsp3) is 0.381. The van der Waals surface area contributed by atoms with Gasteiger partial charge in [-0.3, -0.25) is 4.79 Å². The third-order valence-corrected chi connectivity index (χ3v) is 4.98. The zero-order valence-corrected chi connectivity index (χ0v) is 16.6. The molecule has 1 aliphatic rings. The van der Waals surface area contributed by atoms with E-state index < -0.39 is 0 Å². The number of halogens is 1. The third kappa shape index (κ3) is 4.14. The van der Waals surface area contributed by atoms with Crippen molar-refractivity contribution in [2.45, 2.75) is 26.3 Å². The Morgan fingerprint density at radius 2 is 2.04 bits per heavy atom. The van der Waals surface area contributed by atoms with Crippen molar-refractivity contribution in [3.8, 4) is 17.2 Å². The molecule has 6 heteroatoms. The zero-order valence-electron chi connectivity index (χ0n) is 15.8. The molecule has 2 aromatic carbocycles. The summed E-state index contributed by atoms with van der Waals surface area (Å²) in [5.41, 5.74) is 1.49. The topological polar surface area (TPSA) is 48.0 Å². The maximum atomic E-state index is 13.2. The lowest BCUT2D eigenvalue weighted by molar-refractivity contribution is 0.0701. The Kier molecular flexibility index (Phi) is 6.11. The summed E-state index contributed by atoms with van der Waals surface area (Å²) in [5.74, 6) is 1.69. The van der Waals surface area contributed by atoms with Gasteiger partial charge in [0.1, 0.15) is 5.75 Å². The van der Waals surface area contributed by atoms with Crippen LogP contribution in [0.25, 0.3) is 0 Å². The lowest BCUT2D eigenvalue weighted by atomic mass is 10.0. The summed E-state index contributed by atoms with van der Waals surface area (Å²) in [5, 5.41) is 0.392. The lowest BCUT2D eigenvalue weighted by Crippen LogP contribution is -2.33. The summed E-state index contributed by atoms with van der Waals surface area (Å²) in [6, 6.07) is 11.0. The van der Waals surface area contributed by atoms with E-state index in [0.29, 0.717) is 41.8 Å². The van der Waals surface area contributed by atoms with Crippen LogP contribution in [0, 0.1) is 0 Å². The van der Waals surface area contributed by atoms with Crippen molar-refractivity contribution < 1.29 is 19.0 Å². The summed E-state index contributed by atoms with van der Waals surface area (Å²) >= 11 is 6.36. The molecule has 0 bridgehead atoms. The Hall–Kier alpha value is -2.40. The van der Waals surface area contributed by atoms with Crippen LogP contribution in [0.1, 0.15) is 42.2 Å². The van der Waals surface area contributed by atoms with E-state index >= 15 is 0 Å². The van der Waals surface area contributed by atoms with Crippen LogP contribution in [0.15, 0.2) is 36.4 Å². The van der Waals surface area contributed by atoms with Gasteiger partial charge in [-0.25, -0.2) is 0 Å². The maximum absolute atomic E-state index is 13.2. The Balaban J connectivity index is 1.90. The van der Waals surface area contributed by atoms with Gasteiger partial charge < -0.3 is 19.1 Å². The second-order valence-corrected chi connectivity index (χ2v) is 6.79.